The highest BCUT2D eigenvalue weighted by atomic mass is 16.1. The lowest BCUT2D eigenvalue weighted by atomic mass is 10.1. The number of nitrogens with zero attached hydrogens (tertiary/aromatic N) is 2. The fourth-order valence-corrected chi connectivity index (χ4v) is 3.76. The highest BCUT2D eigenvalue weighted by Crippen LogP contribution is 2.19. The van der Waals surface area contributed by atoms with Crippen LogP contribution in [0.5, 0.6) is 0 Å². The fourth-order valence-electron chi connectivity index (χ4n) is 3.76. The number of carbonyl (C=O) groups is 1. The molecule has 28 heavy (non-hydrogen) atoms. The maximum absolute atomic E-state index is 11.6. The summed E-state index contributed by atoms with van der Waals surface area (Å²) in [5, 5.41) is 3.01. The number of hydrogen-bond acceptors (Lipinski definition) is 2. The Bertz CT molecular complexity index is 692. The number of amides is 1. The molecular weight excluding hydrogens is 346 g/mol. The molecule has 0 aliphatic carbocycles. The predicted octanol–water partition coefficient (Wildman–Crippen LogP) is 6.03. The van der Waals surface area contributed by atoms with Crippen molar-refractivity contribution in [1.29, 1.82) is 0 Å². The largest absolute Gasteiger partial charge is 0.356 e. The highest BCUT2D eigenvalue weighted by Gasteiger charge is 2.10. The zero-order chi connectivity index (χ0) is 20.0. The van der Waals surface area contributed by atoms with E-state index in [4.69, 9.17) is 4.98 Å². The Morgan fingerprint density at radius 3 is 2.39 bits per heavy atom. The van der Waals surface area contributed by atoms with Gasteiger partial charge in [-0.3, -0.25) is 4.79 Å². The van der Waals surface area contributed by atoms with Gasteiger partial charge in [0.25, 0.3) is 0 Å². The Labute approximate surface area is 171 Å². The van der Waals surface area contributed by atoms with E-state index in [2.05, 4.69) is 41.1 Å². The lowest BCUT2D eigenvalue weighted by molar-refractivity contribution is -0.121. The van der Waals surface area contributed by atoms with Crippen LogP contribution in [-0.4, -0.2) is 22.0 Å². The topological polar surface area (TPSA) is 46.9 Å². The number of para-hydroxylation sites is 2. The quantitative estimate of drug-likeness (QED) is 0.381. The SMILES string of the molecule is CCCCCCCCCCn1c(CCCNC(=O)CCC)nc2ccccc21. The lowest BCUT2D eigenvalue weighted by Crippen LogP contribution is -2.24. The Hall–Kier alpha value is -1.84. The molecule has 0 bridgehead atoms. The molecule has 1 amide bonds. The van der Waals surface area contributed by atoms with Crippen LogP contribution in [-0.2, 0) is 17.8 Å². The summed E-state index contributed by atoms with van der Waals surface area (Å²) in [6.07, 6.45) is 14.1. The summed E-state index contributed by atoms with van der Waals surface area (Å²) in [6.45, 7) is 6.09. The van der Waals surface area contributed by atoms with Crippen LogP contribution in [0.4, 0.5) is 0 Å². The number of carbonyl (C=O) groups excluding carboxylic acids is 1. The lowest BCUT2D eigenvalue weighted by Gasteiger charge is -2.10. The van der Waals surface area contributed by atoms with Crippen molar-refractivity contribution in [3.63, 3.8) is 0 Å². The van der Waals surface area contributed by atoms with Crippen molar-refractivity contribution < 1.29 is 4.79 Å². The van der Waals surface area contributed by atoms with E-state index >= 15 is 0 Å². The standard InChI is InChI=1S/C24H39N3O/c1-3-5-6-7-8-9-10-13-20-27-22-17-12-11-16-21(22)26-23(27)18-14-19-25-24(28)15-4-2/h11-12,16-17H,3-10,13-15,18-20H2,1-2H3,(H,25,28). The van der Waals surface area contributed by atoms with Crippen molar-refractivity contribution >= 4 is 16.9 Å². The number of benzene rings is 1. The van der Waals surface area contributed by atoms with Gasteiger partial charge in [0.15, 0.2) is 0 Å². The molecule has 1 aromatic carbocycles. The Balaban J connectivity index is 1.81. The van der Waals surface area contributed by atoms with Crippen molar-refractivity contribution in [2.24, 2.45) is 0 Å². The molecule has 4 heteroatoms. The Morgan fingerprint density at radius 1 is 0.929 bits per heavy atom. The number of aromatic nitrogens is 2. The maximum atomic E-state index is 11.6. The van der Waals surface area contributed by atoms with Gasteiger partial charge in [0, 0.05) is 25.9 Å². The maximum Gasteiger partial charge on any atom is 0.219 e. The first kappa shape index (κ1) is 22.4. The second-order valence-electron chi connectivity index (χ2n) is 7.85. The second-order valence-corrected chi connectivity index (χ2v) is 7.85. The second kappa shape index (κ2) is 13.4. The van der Waals surface area contributed by atoms with Crippen LogP contribution in [0, 0.1) is 0 Å². The summed E-state index contributed by atoms with van der Waals surface area (Å²) >= 11 is 0. The van der Waals surface area contributed by atoms with Gasteiger partial charge < -0.3 is 9.88 Å². The third-order valence-corrected chi connectivity index (χ3v) is 5.35. The van der Waals surface area contributed by atoms with Crippen LogP contribution in [0.25, 0.3) is 11.0 Å². The van der Waals surface area contributed by atoms with E-state index in [0.29, 0.717) is 6.42 Å². The Kier molecular flexibility index (Phi) is 10.7. The summed E-state index contributed by atoms with van der Waals surface area (Å²) in [6, 6.07) is 8.44. The van der Waals surface area contributed by atoms with Crippen molar-refractivity contribution in [2.75, 3.05) is 6.54 Å². The molecule has 0 spiro atoms. The first-order chi connectivity index (χ1) is 13.8. The minimum absolute atomic E-state index is 0.162. The van der Waals surface area contributed by atoms with Gasteiger partial charge in [-0.15, -0.1) is 0 Å². The summed E-state index contributed by atoms with van der Waals surface area (Å²) in [5.74, 6) is 1.32. The summed E-state index contributed by atoms with van der Waals surface area (Å²) in [7, 11) is 0. The third kappa shape index (κ3) is 7.65. The highest BCUT2D eigenvalue weighted by molar-refractivity contribution is 5.76. The van der Waals surface area contributed by atoms with Crippen molar-refractivity contribution in [1.82, 2.24) is 14.9 Å². The van der Waals surface area contributed by atoms with E-state index in [9.17, 15) is 4.79 Å². The monoisotopic (exact) mass is 385 g/mol. The zero-order valence-corrected chi connectivity index (χ0v) is 18.0. The molecule has 2 aromatic rings. The van der Waals surface area contributed by atoms with Gasteiger partial charge in [-0.25, -0.2) is 4.98 Å². The molecule has 0 saturated heterocycles. The van der Waals surface area contributed by atoms with Crippen molar-refractivity contribution in [3.05, 3.63) is 30.1 Å². The van der Waals surface area contributed by atoms with Crippen LogP contribution in [0.15, 0.2) is 24.3 Å². The number of imidazole rings is 1. The van der Waals surface area contributed by atoms with Gasteiger partial charge >= 0.3 is 0 Å². The van der Waals surface area contributed by atoms with E-state index in [1.54, 1.807) is 0 Å². The molecule has 0 aliphatic rings. The van der Waals surface area contributed by atoms with Crippen molar-refractivity contribution in [2.45, 2.75) is 97.4 Å². The molecule has 0 saturated carbocycles. The average molecular weight is 386 g/mol. The minimum atomic E-state index is 0.162. The molecule has 0 aliphatic heterocycles. The number of nitrogens with one attached hydrogen (secondary N) is 1. The van der Waals surface area contributed by atoms with Crippen LogP contribution >= 0.6 is 0 Å². The molecule has 0 radical (unpaired) electrons. The van der Waals surface area contributed by atoms with Gasteiger partial charge in [0.05, 0.1) is 11.0 Å². The number of fused-ring (bicyclic) bond motifs is 1. The van der Waals surface area contributed by atoms with Gasteiger partial charge in [0.1, 0.15) is 5.82 Å². The predicted molar refractivity (Wildman–Crippen MR) is 119 cm³/mol. The normalized spacial score (nSPS) is 11.2. The number of rotatable bonds is 15. The van der Waals surface area contributed by atoms with Gasteiger partial charge in [-0.1, -0.05) is 70.9 Å². The van der Waals surface area contributed by atoms with Gasteiger partial charge in [-0.05, 0) is 31.4 Å². The van der Waals surface area contributed by atoms with Crippen LogP contribution in [0.1, 0.15) is 90.3 Å². The summed E-state index contributed by atoms with van der Waals surface area (Å²) in [4.78, 5) is 16.5. The van der Waals surface area contributed by atoms with E-state index in [1.165, 1.54) is 56.9 Å². The molecule has 1 N–H and O–H groups in total. The first-order valence-corrected chi connectivity index (χ1v) is 11.5. The van der Waals surface area contributed by atoms with E-state index in [1.807, 2.05) is 6.92 Å². The average Bonchev–Trinajstić information content (AvgIpc) is 3.05. The summed E-state index contributed by atoms with van der Waals surface area (Å²) in [5.41, 5.74) is 2.34. The number of aryl methyl sites for hydroxylation is 2. The molecule has 1 heterocycles. The van der Waals surface area contributed by atoms with E-state index in [-0.39, 0.29) is 5.91 Å². The molecule has 0 unspecified atom stereocenters. The smallest absolute Gasteiger partial charge is 0.219 e. The third-order valence-electron chi connectivity index (χ3n) is 5.35. The zero-order valence-electron chi connectivity index (χ0n) is 18.0. The molecule has 4 nitrogen and oxygen atoms in total. The molecular formula is C24H39N3O. The Morgan fingerprint density at radius 2 is 1.64 bits per heavy atom. The van der Waals surface area contributed by atoms with Crippen molar-refractivity contribution in [3.8, 4) is 0 Å². The summed E-state index contributed by atoms with van der Waals surface area (Å²) < 4.78 is 2.40. The molecule has 0 fully saturated rings. The van der Waals surface area contributed by atoms with Gasteiger partial charge in [-0.2, -0.15) is 0 Å². The molecule has 2 rings (SSSR count). The molecule has 0 atom stereocenters. The fraction of sp³-hybridized carbons (Fsp3) is 0.667. The molecule has 156 valence electrons. The molecule has 1 aromatic heterocycles. The van der Waals surface area contributed by atoms with Crippen LogP contribution < -0.4 is 5.32 Å². The van der Waals surface area contributed by atoms with Crippen LogP contribution in [0.2, 0.25) is 0 Å². The first-order valence-electron chi connectivity index (χ1n) is 11.5. The van der Waals surface area contributed by atoms with Gasteiger partial charge in [0.2, 0.25) is 5.91 Å². The van der Waals surface area contributed by atoms with Crippen LogP contribution in [0.3, 0.4) is 0 Å². The number of hydrogen-bond donors (Lipinski definition) is 1. The van der Waals surface area contributed by atoms with E-state index in [0.717, 1.165) is 43.7 Å². The van der Waals surface area contributed by atoms with E-state index < -0.39 is 0 Å². The minimum Gasteiger partial charge on any atom is -0.356 e. The number of unbranched alkanes of at least 4 members (excludes halogenated alkanes) is 7.